The first kappa shape index (κ1) is 16.9. The number of hydrogen-bond donors (Lipinski definition) is 2. The van der Waals surface area contributed by atoms with E-state index in [2.05, 4.69) is 6.07 Å². The van der Waals surface area contributed by atoms with Crippen LogP contribution in [0.3, 0.4) is 0 Å². The van der Waals surface area contributed by atoms with Crippen LogP contribution >= 0.6 is 0 Å². The number of ketones is 1. The first-order chi connectivity index (χ1) is 11.7. The summed E-state index contributed by atoms with van der Waals surface area (Å²) in [4.78, 5) is 12.9. The molecule has 3 heteroatoms. The summed E-state index contributed by atoms with van der Waals surface area (Å²) in [5.74, 6) is 0.394. The number of carbonyl (C=O) groups excluding carboxylic acids is 1. The fourth-order valence-corrected chi connectivity index (χ4v) is 3.64. The summed E-state index contributed by atoms with van der Waals surface area (Å²) in [5, 5.41) is 20.4. The van der Waals surface area contributed by atoms with Gasteiger partial charge in [0, 0.05) is 29.7 Å². The molecule has 0 aliphatic heterocycles. The lowest BCUT2D eigenvalue weighted by Gasteiger charge is -2.21. The molecule has 0 amide bonds. The Labute approximate surface area is 142 Å². The normalized spacial score (nSPS) is 14.8. The van der Waals surface area contributed by atoms with Gasteiger partial charge >= 0.3 is 0 Å². The van der Waals surface area contributed by atoms with E-state index in [9.17, 15) is 9.90 Å². The van der Waals surface area contributed by atoms with Gasteiger partial charge in [0.25, 0.3) is 0 Å². The van der Waals surface area contributed by atoms with Crippen molar-refractivity contribution in [1.29, 1.82) is 0 Å². The van der Waals surface area contributed by atoms with Gasteiger partial charge in [0.15, 0.2) is 5.78 Å². The molecule has 0 radical (unpaired) electrons. The van der Waals surface area contributed by atoms with Crippen LogP contribution in [-0.2, 0) is 0 Å². The zero-order valence-electron chi connectivity index (χ0n) is 13.9. The largest absolute Gasteiger partial charge is 0.396 e. The first-order valence-corrected chi connectivity index (χ1v) is 8.73. The average Bonchev–Trinajstić information content (AvgIpc) is 2.59. The molecule has 2 aromatic carbocycles. The lowest BCUT2D eigenvalue weighted by molar-refractivity contribution is 0.102. The van der Waals surface area contributed by atoms with Crippen LogP contribution in [0.25, 0.3) is 16.8 Å². The van der Waals surface area contributed by atoms with E-state index in [0.717, 1.165) is 46.7 Å². The van der Waals surface area contributed by atoms with Gasteiger partial charge in [-0.1, -0.05) is 42.8 Å². The second-order valence-electron chi connectivity index (χ2n) is 6.55. The van der Waals surface area contributed by atoms with E-state index in [4.69, 9.17) is 5.11 Å². The molecule has 0 saturated carbocycles. The molecule has 1 atom stereocenters. The third-order valence-corrected chi connectivity index (χ3v) is 4.87. The van der Waals surface area contributed by atoms with Crippen LogP contribution in [0.5, 0.6) is 0 Å². The number of rotatable bonds is 8. The minimum Gasteiger partial charge on any atom is -0.396 e. The molecule has 0 spiro atoms. The van der Waals surface area contributed by atoms with Gasteiger partial charge < -0.3 is 10.2 Å². The quantitative estimate of drug-likeness (QED) is 0.722. The Morgan fingerprint density at radius 2 is 1.71 bits per heavy atom. The maximum Gasteiger partial charge on any atom is 0.189 e. The smallest absolute Gasteiger partial charge is 0.189 e. The second kappa shape index (κ2) is 7.73. The van der Waals surface area contributed by atoms with Crippen molar-refractivity contribution in [1.82, 2.24) is 0 Å². The zero-order chi connectivity index (χ0) is 16.9. The standard InChI is InChI=1S/C21H24O3/c22-11-2-1-5-15(10-12-23)13-18-14-17-8-3-6-16-7-4-9-19(20(16)17)21(18)24/h3-4,6-9,14-15,22-23H,1-2,5,10-13H2. The monoisotopic (exact) mass is 324 g/mol. The molecule has 1 aliphatic carbocycles. The van der Waals surface area contributed by atoms with E-state index in [1.807, 2.05) is 36.4 Å². The Morgan fingerprint density at radius 1 is 0.917 bits per heavy atom. The maximum absolute atomic E-state index is 12.9. The Bertz CT molecular complexity index is 756. The molecule has 1 aliphatic rings. The van der Waals surface area contributed by atoms with Gasteiger partial charge in [-0.25, -0.2) is 0 Å². The predicted molar refractivity (Wildman–Crippen MR) is 97.0 cm³/mol. The van der Waals surface area contributed by atoms with Crippen molar-refractivity contribution in [2.45, 2.75) is 32.1 Å². The topological polar surface area (TPSA) is 57.5 Å². The van der Waals surface area contributed by atoms with E-state index in [0.29, 0.717) is 12.8 Å². The minimum atomic E-state index is 0.115. The molecule has 0 aromatic heterocycles. The zero-order valence-corrected chi connectivity index (χ0v) is 13.9. The van der Waals surface area contributed by atoms with Crippen molar-refractivity contribution in [2.24, 2.45) is 5.92 Å². The van der Waals surface area contributed by atoms with Crippen molar-refractivity contribution < 1.29 is 15.0 Å². The number of aliphatic hydroxyl groups is 2. The van der Waals surface area contributed by atoms with Crippen molar-refractivity contribution in [3.05, 3.63) is 53.1 Å². The van der Waals surface area contributed by atoms with Gasteiger partial charge in [-0.2, -0.15) is 0 Å². The maximum atomic E-state index is 12.9. The number of hydrogen-bond acceptors (Lipinski definition) is 3. The van der Waals surface area contributed by atoms with E-state index in [-0.39, 0.29) is 24.9 Å². The highest BCUT2D eigenvalue weighted by molar-refractivity contribution is 6.22. The summed E-state index contributed by atoms with van der Waals surface area (Å²) in [6.07, 6.45) is 6.04. The fourth-order valence-electron chi connectivity index (χ4n) is 3.64. The summed E-state index contributed by atoms with van der Waals surface area (Å²) in [6, 6.07) is 12.0. The van der Waals surface area contributed by atoms with Gasteiger partial charge in [-0.3, -0.25) is 4.79 Å². The molecule has 0 saturated heterocycles. The van der Waals surface area contributed by atoms with Gasteiger partial charge in [-0.15, -0.1) is 0 Å². The number of carbonyl (C=O) groups is 1. The van der Waals surface area contributed by atoms with Crippen LogP contribution in [0, 0.1) is 5.92 Å². The average molecular weight is 324 g/mol. The summed E-state index contributed by atoms with van der Waals surface area (Å²) in [5.41, 5.74) is 2.73. The Hall–Kier alpha value is -1.97. The van der Waals surface area contributed by atoms with Crippen molar-refractivity contribution >= 4 is 22.6 Å². The van der Waals surface area contributed by atoms with Crippen LogP contribution in [0.4, 0.5) is 0 Å². The summed E-state index contributed by atoms with van der Waals surface area (Å²) < 4.78 is 0. The van der Waals surface area contributed by atoms with Gasteiger partial charge in [0.05, 0.1) is 0 Å². The highest BCUT2D eigenvalue weighted by Crippen LogP contribution is 2.34. The van der Waals surface area contributed by atoms with Crippen LogP contribution < -0.4 is 0 Å². The van der Waals surface area contributed by atoms with Crippen molar-refractivity contribution in [2.75, 3.05) is 13.2 Å². The Balaban J connectivity index is 1.87. The highest BCUT2D eigenvalue weighted by atomic mass is 16.3. The van der Waals surface area contributed by atoms with Crippen LogP contribution in [0.15, 0.2) is 42.0 Å². The fraction of sp³-hybridized carbons (Fsp3) is 0.381. The third kappa shape index (κ3) is 3.42. The molecule has 0 heterocycles. The van der Waals surface area contributed by atoms with E-state index < -0.39 is 0 Å². The van der Waals surface area contributed by atoms with Crippen LogP contribution in [0.2, 0.25) is 0 Å². The molecule has 126 valence electrons. The van der Waals surface area contributed by atoms with E-state index in [1.165, 1.54) is 0 Å². The van der Waals surface area contributed by atoms with Gasteiger partial charge in [-0.05, 0) is 48.6 Å². The number of unbranched alkanes of at least 4 members (excludes halogenated alkanes) is 1. The molecule has 0 bridgehead atoms. The molecule has 2 N–H and O–H groups in total. The summed E-state index contributed by atoms with van der Waals surface area (Å²) in [6.45, 7) is 0.334. The Morgan fingerprint density at radius 3 is 2.46 bits per heavy atom. The molecule has 3 rings (SSSR count). The predicted octanol–water partition coefficient (Wildman–Crippen LogP) is 3.97. The molecule has 24 heavy (non-hydrogen) atoms. The highest BCUT2D eigenvalue weighted by Gasteiger charge is 2.23. The van der Waals surface area contributed by atoms with Crippen molar-refractivity contribution in [3.8, 4) is 0 Å². The number of allylic oxidation sites excluding steroid dienone is 1. The lowest BCUT2D eigenvalue weighted by atomic mass is 9.82. The first-order valence-electron chi connectivity index (χ1n) is 8.73. The van der Waals surface area contributed by atoms with E-state index >= 15 is 0 Å². The summed E-state index contributed by atoms with van der Waals surface area (Å²) >= 11 is 0. The van der Waals surface area contributed by atoms with Crippen LogP contribution in [-0.4, -0.2) is 29.2 Å². The molecular weight excluding hydrogens is 300 g/mol. The number of Topliss-reactive ketones (excluding diaryl/α,β-unsaturated/α-hetero) is 1. The molecule has 3 nitrogen and oxygen atoms in total. The van der Waals surface area contributed by atoms with Gasteiger partial charge in [0.2, 0.25) is 0 Å². The third-order valence-electron chi connectivity index (χ3n) is 4.87. The lowest BCUT2D eigenvalue weighted by Crippen LogP contribution is -2.14. The van der Waals surface area contributed by atoms with Crippen molar-refractivity contribution in [3.63, 3.8) is 0 Å². The molecule has 0 fully saturated rings. The van der Waals surface area contributed by atoms with Gasteiger partial charge in [0.1, 0.15) is 0 Å². The number of aliphatic hydroxyl groups excluding tert-OH is 2. The minimum absolute atomic E-state index is 0.115. The second-order valence-corrected chi connectivity index (χ2v) is 6.55. The number of benzene rings is 2. The Kier molecular flexibility index (Phi) is 5.44. The van der Waals surface area contributed by atoms with Crippen LogP contribution in [0.1, 0.15) is 48.0 Å². The molecule has 1 unspecified atom stereocenters. The molecule has 2 aromatic rings. The van der Waals surface area contributed by atoms with E-state index in [1.54, 1.807) is 0 Å². The summed E-state index contributed by atoms with van der Waals surface area (Å²) in [7, 11) is 0. The SMILES string of the molecule is O=C1C(CC(CCO)CCCCO)=Cc2cccc3cccc1c23. The molecular formula is C21H24O3.